The average Bonchev–Trinajstić information content (AvgIpc) is 2.89. The van der Waals surface area contributed by atoms with Gasteiger partial charge in [0.15, 0.2) is 0 Å². The first-order valence-corrected chi connectivity index (χ1v) is 11.6. The minimum atomic E-state index is -0.176. The molecule has 0 bridgehead atoms. The first kappa shape index (κ1) is 22.0. The molecule has 0 aliphatic carbocycles. The van der Waals surface area contributed by atoms with Crippen LogP contribution in [0.2, 0.25) is 5.02 Å². The van der Waals surface area contributed by atoms with Gasteiger partial charge in [0.25, 0.3) is 11.8 Å². The van der Waals surface area contributed by atoms with Crippen molar-refractivity contribution in [2.24, 2.45) is 0 Å². The van der Waals surface area contributed by atoms with E-state index in [1.54, 1.807) is 24.3 Å². The fourth-order valence-corrected chi connectivity index (χ4v) is 4.36. The Morgan fingerprint density at radius 2 is 1.35 bits per heavy atom. The van der Waals surface area contributed by atoms with E-state index in [1.807, 2.05) is 65.6 Å². The molecule has 0 radical (unpaired) electrons. The molecule has 4 aromatic carbocycles. The molecule has 5 nitrogen and oxygen atoms in total. The molecule has 1 aliphatic rings. The minimum absolute atomic E-state index is 0.0747. The molecule has 0 saturated carbocycles. The average molecular weight is 470 g/mol. The van der Waals surface area contributed by atoms with Crippen LogP contribution in [0.5, 0.6) is 0 Å². The van der Waals surface area contributed by atoms with Gasteiger partial charge in [-0.15, -0.1) is 0 Å². The Bertz CT molecular complexity index is 1330. The number of benzene rings is 4. The van der Waals surface area contributed by atoms with Crippen LogP contribution >= 0.6 is 11.6 Å². The van der Waals surface area contributed by atoms with E-state index in [1.165, 1.54) is 0 Å². The van der Waals surface area contributed by atoms with Gasteiger partial charge >= 0.3 is 0 Å². The summed E-state index contributed by atoms with van der Waals surface area (Å²) >= 11 is 5.89. The topological polar surface area (TPSA) is 52.7 Å². The molecular formula is C28H24ClN3O2. The van der Waals surface area contributed by atoms with E-state index in [2.05, 4.69) is 16.3 Å². The maximum Gasteiger partial charge on any atom is 0.255 e. The van der Waals surface area contributed by atoms with Crippen LogP contribution in [0.1, 0.15) is 20.7 Å². The van der Waals surface area contributed by atoms with Crippen LogP contribution in [0.25, 0.3) is 10.8 Å². The van der Waals surface area contributed by atoms with Gasteiger partial charge in [0.05, 0.1) is 0 Å². The van der Waals surface area contributed by atoms with Crippen molar-refractivity contribution >= 4 is 45.6 Å². The molecule has 34 heavy (non-hydrogen) atoms. The Balaban J connectivity index is 1.18. The molecule has 0 atom stereocenters. The van der Waals surface area contributed by atoms with Gasteiger partial charge in [-0.3, -0.25) is 9.59 Å². The van der Waals surface area contributed by atoms with Gasteiger partial charge in [-0.25, -0.2) is 0 Å². The van der Waals surface area contributed by atoms with Crippen molar-refractivity contribution in [3.63, 3.8) is 0 Å². The zero-order valence-corrected chi connectivity index (χ0v) is 19.3. The third-order valence-corrected chi connectivity index (χ3v) is 6.41. The second-order valence-electron chi connectivity index (χ2n) is 8.35. The van der Waals surface area contributed by atoms with Crippen LogP contribution in [0.15, 0.2) is 91.0 Å². The number of amides is 2. The Morgan fingerprint density at radius 3 is 2.06 bits per heavy atom. The number of halogens is 1. The first-order valence-electron chi connectivity index (χ1n) is 11.3. The predicted octanol–water partition coefficient (Wildman–Crippen LogP) is 5.71. The van der Waals surface area contributed by atoms with Crippen LogP contribution in [-0.4, -0.2) is 42.9 Å². The second kappa shape index (κ2) is 9.57. The highest BCUT2D eigenvalue weighted by atomic mass is 35.5. The van der Waals surface area contributed by atoms with E-state index < -0.39 is 0 Å². The molecule has 0 unspecified atom stereocenters. The Morgan fingerprint density at radius 1 is 0.706 bits per heavy atom. The number of hydrogen-bond donors (Lipinski definition) is 1. The van der Waals surface area contributed by atoms with Crippen molar-refractivity contribution < 1.29 is 9.59 Å². The maximum atomic E-state index is 13.0. The van der Waals surface area contributed by atoms with Crippen molar-refractivity contribution in [1.29, 1.82) is 0 Å². The van der Waals surface area contributed by atoms with Crippen molar-refractivity contribution in [2.45, 2.75) is 0 Å². The number of nitrogens with one attached hydrogen (secondary N) is 1. The van der Waals surface area contributed by atoms with E-state index in [0.29, 0.717) is 23.7 Å². The Kier molecular flexibility index (Phi) is 6.19. The molecule has 1 saturated heterocycles. The van der Waals surface area contributed by atoms with Crippen LogP contribution in [0.3, 0.4) is 0 Å². The quantitative estimate of drug-likeness (QED) is 0.416. The molecule has 1 aliphatic heterocycles. The highest BCUT2D eigenvalue weighted by molar-refractivity contribution is 6.30. The molecule has 1 N–H and O–H groups in total. The number of anilines is 2. The van der Waals surface area contributed by atoms with Gasteiger partial charge in [0.1, 0.15) is 0 Å². The molecule has 170 valence electrons. The largest absolute Gasteiger partial charge is 0.368 e. The zero-order valence-electron chi connectivity index (χ0n) is 18.6. The van der Waals surface area contributed by atoms with Crippen molar-refractivity contribution in [3.8, 4) is 0 Å². The molecule has 2 amide bonds. The van der Waals surface area contributed by atoms with E-state index in [9.17, 15) is 9.59 Å². The maximum absolute atomic E-state index is 13.0. The Hall–Kier alpha value is -3.83. The van der Waals surface area contributed by atoms with Gasteiger partial charge in [0, 0.05) is 53.7 Å². The number of rotatable bonds is 4. The van der Waals surface area contributed by atoms with Crippen molar-refractivity contribution in [3.05, 3.63) is 107 Å². The highest BCUT2D eigenvalue weighted by Crippen LogP contribution is 2.22. The summed E-state index contributed by atoms with van der Waals surface area (Å²) in [5, 5.41) is 5.72. The summed E-state index contributed by atoms with van der Waals surface area (Å²) in [6.45, 7) is 2.85. The summed E-state index contributed by atoms with van der Waals surface area (Å²) in [7, 11) is 0. The fourth-order valence-electron chi connectivity index (χ4n) is 4.23. The smallest absolute Gasteiger partial charge is 0.255 e. The number of carbonyl (C=O) groups excluding carboxylic acids is 2. The van der Waals surface area contributed by atoms with Crippen molar-refractivity contribution in [1.82, 2.24) is 4.90 Å². The van der Waals surface area contributed by atoms with Crippen LogP contribution in [-0.2, 0) is 0 Å². The molecule has 6 heteroatoms. The summed E-state index contributed by atoms with van der Waals surface area (Å²) in [5.41, 5.74) is 3.09. The van der Waals surface area contributed by atoms with E-state index >= 15 is 0 Å². The number of fused-ring (bicyclic) bond motifs is 1. The third-order valence-electron chi connectivity index (χ3n) is 6.16. The Labute approximate surface area is 203 Å². The standard InChI is InChI=1S/C28H24ClN3O2/c29-24-9-7-21(8-10-24)27(33)30-25-11-13-26(14-12-25)31-15-17-32(18-16-31)28(34)23-6-5-20-3-1-2-4-22(20)19-23/h1-14,19H,15-18H2,(H,30,33). The van der Waals surface area contributed by atoms with Gasteiger partial charge in [-0.1, -0.05) is 41.9 Å². The lowest BCUT2D eigenvalue weighted by Gasteiger charge is -2.36. The van der Waals surface area contributed by atoms with Crippen LogP contribution in [0.4, 0.5) is 11.4 Å². The van der Waals surface area contributed by atoms with E-state index in [0.717, 1.165) is 40.8 Å². The molecule has 1 fully saturated rings. The molecule has 1 heterocycles. The highest BCUT2D eigenvalue weighted by Gasteiger charge is 2.22. The lowest BCUT2D eigenvalue weighted by atomic mass is 10.1. The molecule has 0 spiro atoms. The second-order valence-corrected chi connectivity index (χ2v) is 8.79. The van der Waals surface area contributed by atoms with Crippen LogP contribution in [0, 0.1) is 0 Å². The van der Waals surface area contributed by atoms with E-state index in [4.69, 9.17) is 11.6 Å². The SMILES string of the molecule is O=C(Nc1ccc(N2CCN(C(=O)c3ccc4ccccc4c3)CC2)cc1)c1ccc(Cl)cc1. The number of carbonyl (C=O) groups is 2. The van der Waals surface area contributed by atoms with Gasteiger partial charge < -0.3 is 15.1 Å². The summed E-state index contributed by atoms with van der Waals surface area (Å²) < 4.78 is 0. The predicted molar refractivity (Wildman–Crippen MR) is 138 cm³/mol. The number of hydrogen-bond acceptors (Lipinski definition) is 3. The van der Waals surface area contributed by atoms with Gasteiger partial charge in [-0.05, 0) is 71.4 Å². The zero-order chi connectivity index (χ0) is 23.5. The normalized spacial score (nSPS) is 13.7. The monoisotopic (exact) mass is 469 g/mol. The molecule has 0 aromatic heterocycles. The lowest BCUT2D eigenvalue weighted by Crippen LogP contribution is -2.48. The molecular weight excluding hydrogens is 446 g/mol. The van der Waals surface area contributed by atoms with Gasteiger partial charge in [-0.2, -0.15) is 0 Å². The van der Waals surface area contributed by atoms with Crippen molar-refractivity contribution in [2.75, 3.05) is 36.4 Å². The number of nitrogens with zero attached hydrogens (tertiary/aromatic N) is 2. The minimum Gasteiger partial charge on any atom is -0.368 e. The first-order chi connectivity index (χ1) is 16.6. The summed E-state index contributed by atoms with van der Waals surface area (Å²) in [5.74, 6) is -0.101. The molecule has 4 aromatic rings. The van der Waals surface area contributed by atoms with Gasteiger partial charge in [0.2, 0.25) is 0 Å². The van der Waals surface area contributed by atoms with E-state index in [-0.39, 0.29) is 11.8 Å². The third kappa shape index (κ3) is 4.75. The summed E-state index contributed by atoms with van der Waals surface area (Å²) in [4.78, 5) is 29.6. The lowest BCUT2D eigenvalue weighted by molar-refractivity contribution is 0.0746. The number of piperazine rings is 1. The summed E-state index contributed by atoms with van der Waals surface area (Å²) in [6, 6.07) is 28.6. The summed E-state index contributed by atoms with van der Waals surface area (Å²) in [6.07, 6.45) is 0. The molecule has 5 rings (SSSR count). The fraction of sp³-hybridized carbons (Fsp3) is 0.143. The van der Waals surface area contributed by atoms with Crippen LogP contribution < -0.4 is 10.2 Å².